The van der Waals surface area contributed by atoms with Crippen LogP contribution in [0.2, 0.25) is 0 Å². The van der Waals surface area contributed by atoms with Crippen molar-refractivity contribution in [3.05, 3.63) is 0 Å². The topological polar surface area (TPSA) is 40.9 Å². The van der Waals surface area contributed by atoms with Crippen molar-refractivity contribution in [1.29, 1.82) is 5.26 Å². The van der Waals surface area contributed by atoms with Crippen molar-refractivity contribution in [3.8, 4) is 6.07 Å². The molecule has 2 aliphatic carbocycles. The summed E-state index contributed by atoms with van der Waals surface area (Å²) in [5, 5.41) is 9.08. The van der Waals surface area contributed by atoms with Crippen LogP contribution in [0.5, 0.6) is 0 Å². The second kappa shape index (κ2) is 2.58. The number of carbonyl (C=O) groups excluding carboxylic acids is 1. The highest BCUT2D eigenvalue weighted by atomic mass is 16.1. The van der Waals surface area contributed by atoms with Gasteiger partial charge in [-0.2, -0.15) is 5.26 Å². The third kappa shape index (κ3) is 0.964. The van der Waals surface area contributed by atoms with E-state index in [2.05, 4.69) is 6.07 Å². The summed E-state index contributed by atoms with van der Waals surface area (Å²) < 4.78 is 0. The number of carbonyl (C=O) groups is 1. The predicted octanol–water partition coefficient (Wildman–Crippen LogP) is 2.05. The van der Waals surface area contributed by atoms with Crippen LogP contribution in [0.15, 0.2) is 0 Å². The third-order valence-corrected chi connectivity index (χ3v) is 3.50. The van der Waals surface area contributed by atoms with Gasteiger partial charge in [0.15, 0.2) is 0 Å². The van der Waals surface area contributed by atoms with Gasteiger partial charge in [0, 0.05) is 12.8 Å². The molecule has 0 aromatic carbocycles. The van der Waals surface area contributed by atoms with E-state index in [9.17, 15) is 4.79 Å². The first-order valence-electron chi connectivity index (χ1n) is 4.70. The van der Waals surface area contributed by atoms with Gasteiger partial charge in [-0.1, -0.05) is 6.42 Å². The molecular formula is C10H13NO. The van der Waals surface area contributed by atoms with Crippen molar-refractivity contribution < 1.29 is 4.79 Å². The maximum Gasteiger partial charge on any atom is 0.133 e. The number of fused-ring (bicyclic) bond motifs is 1. The molecule has 2 heteroatoms. The second-order valence-electron chi connectivity index (χ2n) is 4.10. The van der Waals surface area contributed by atoms with Gasteiger partial charge >= 0.3 is 0 Å². The molecular weight excluding hydrogens is 150 g/mol. The lowest BCUT2D eigenvalue weighted by molar-refractivity contribution is -0.123. The van der Waals surface area contributed by atoms with Gasteiger partial charge in [-0.25, -0.2) is 0 Å². The molecule has 2 saturated carbocycles. The van der Waals surface area contributed by atoms with Crippen LogP contribution in [0.25, 0.3) is 0 Å². The molecule has 0 aromatic heterocycles. The average Bonchev–Trinajstić information content (AvgIpc) is 2.48. The summed E-state index contributed by atoms with van der Waals surface area (Å²) in [6.07, 6.45) is 5.41. The zero-order valence-electron chi connectivity index (χ0n) is 7.18. The van der Waals surface area contributed by atoms with E-state index in [4.69, 9.17) is 5.26 Å². The van der Waals surface area contributed by atoms with E-state index in [0.717, 1.165) is 25.7 Å². The molecule has 2 atom stereocenters. The normalized spacial score (nSPS) is 40.6. The smallest absolute Gasteiger partial charge is 0.133 e. The Morgan fingerprint density at radius 3 is 3.08 bits per heavy atom. The average molecular weight is 163 g/mol. The lowest BCUT2D eigenvalue weighted by atomic mass is 9.69. The minimum absolute atomic E-state index is 0.103. The maximum absolute atomic E-state index is 11.2. The first kappa shape index (κ1) is 7.79. The lowest BCUT2D eigenvalue weighted by Crippen LogP contribution is -2.31. The minimum atomic E-state index is -0.103. The highest BCUT2D eigenvalue weighted by Crippen LogP contribution is 2.50. The Labute approximate surface area is 72.6 Å². The van der Waals surface area contributed by atoms with E-state index in [1.165, 1.54) is 0 Å². The summed E-state index contributed by atoms with van der Waals surface area (Å²) in [5.41, 5.74) is -0.103. The third-order valence-electron chi connectivity index (χ3n) is 3.50. The molecule has 2 unspecified atom stereocenters. The fourth-order valence-electron chi connectivity index (χ4n) is 2.71. The standard InChI is InChI=1S/C10H13NO/c11-7-10-4-1-2-8(10)6-9(12)3-5-10/h8H,1-6H2. The van der Waals surface area contributed by atoms with E-state index in [0.29, 0.717) is 24.5 Å². The van der Waals surface area contributed by atoms with E-state index in [-0.39, 0.29) is 5.41 Å². The van der Waals surface area contributed by atoms with Crippen molar-refractivity contribution in [2.45, 2.75) is 38.5 Å². The van der Waals surface area contributed by atoms with E-state index < -0.39 is 0 Å². The predicted molar refractivity (Wildman–Crippen MR) is 44.2 cm³/mol. The minimum Gasteiger partial charge on any atom is -0.300 e. The fourth-order valence-corrected chi connectivity index (χ4v) is 2.71. The van der Waals surface area contributed by atoms with Gasteiger partial charge in [-0.05, 0) is 25.2 Å². The molecule has 12 heavy (non-hydrogen) atoms. The van der Waals surface area contributed by atoms with Gasteiger partial charge < -0.3 is 0 Å². The number of hydrogen-bond acceptors (Lipinski definition) is 2. The summed E-state index contributed by atoms with van der Waals surface area (Å²) in [6.45, 7) is 0. The van der Waals surface area contributed by atoms with Crippen molar-refractivity contribution in [3.63, 3.8) is 0 Å². The molecule has 0 amide bonds. The van der Waals surface area contributed by atoms with Crippen molar-refractivity contribution >= 4 is 5.78 Å². The van der Waals surface area contributed by atoms with Crippen LogP contribution in [-0.4, -0.2) is 5.78 Å². The summed E-state index contributed by atoms with van der Waals surface area (Å²) in [7, 11) is 0. The van der Waals surface area contributed by atoms with Crippen LogP contribution in [0.4, 0.5) is 0 Å². The van der Waals surface area contributed by atoms with Gasteiger partial charge in [0.2, 0.25) is 0 Å². The van der Waals surface area contributed by atoms with Gasteiger partial charge in [0.1, 0.15) is 5.78 Å². The lowest BCUT2D eigenvalue weighted by Gasteiger charge is -2.32. The Hall–Kier alpha value is -0.840. The Bertz CT molecular complexity index is 253. The Morgan fingerprint density at radius 1 is 1.50 bits per heavy atom. The molecule has 0 spiro atoms. The molecule has 0 heterocycles. The molecule has 0 bridgehead atoms. The van der Waals surface area contributed by atoms with Crippen LogP contribution < -0.4 is 0 Å². The van der Waals surface area contributed by atoms with Gasteiger partial charge in [0.25, 0.3) is 0 Å². The molecule has 0 N–H and O–H groups in total. The van der Waals surface area contributed by atoms with Gasteiger partial charge in [0.05, 0.1) is 11.5 Å². The largest absolute Gasteiger partial charge is 0.300 e. The number of Topliss-reactive ketones (excluding diaryl/α,β-unsaturated/α-hetero) is 1. The summed E-state index contributed by atoms with van der Waals surface area (Å²) in [6, 6.07) is 2.45. The zero-order valence-corrected chi connectivity index (χ0v) is 7.18. The van der Waals surface area contributed by atoms with Crippen LogP contribution in [0.3, 0.4) is 0 Å². The van der Waals surface area contributed by atoms with Crippen LogP contribution in [0, 0.1) is 22.7 Å². The summed E-state index contributed by atoms with van der Waals surface area (Å²) in [4.78, 5) is 11.2. The second-order valence-corrected chi connectivity index (χ2v) is 4.10. The van der Waals surface area contributed by atoms with E-state index in [1.807, 2.05) is 0 Å². The number of ketones is 1. The number of nitrogens with zero attached hydrogens (tertiary/aromatic N) is 1. The molecule has 2 fully saturated rings. The number of rotatable bonds is 0. The molecule has 0 saturated heterocycles. The monoisotopic (exact) mass is 163 g/mol. The zero-order chi connectivity index (χ0) is 8.60. The summed E-state index contributed by atoms with van der Waals surface area (Å²) in [5.74, 6) is 0.761. The van der Waals surface area contributed by atoms with Crippen molar-refractivity contribution in [2.24, 2.45) is 11.3 Å². The van der Waals surface area contributed by atoms with Gasteiger partial charge in [-0.3, -0.25) is 4.79 Å². The van der Waals surface area contributed by atoms with Crippen molar-refractivity contribution in [2.75, 3.05) is 0 Å². The molecule has 0 radical (unpaired) electrons. The molecule has 2 rings (SSSR count). The Balaban J connectivity index is 2.22. The maximum atomic E-state index is 11.2. The molecule has 0 aromatic rings. The highest BCUT2D eigenvalue weighted by Gasteiger charge is 2.46. The number of hydrogen-bond donors (Lipinski definition) is 0. The van der Waals surface area contributed by atoms with Crippen LogP contribution in [-0.2, 0) is 4.79 Å². The van der Waals surface area contributed by atoms with E-state index in [1.54, 1.807) is 0 Å². The first-order valence-corrected chi connectivity index (χ1v) is 4.70. The molecule has 2 nitrogen and oxygen atoms in total. The van der Waals surface area contributed by atoms with Crippen LogP contribution in [0.1, 0.15) is 38.5 Å². The van der Waals surface area contributed by atoms with Crippen LogP contribution >= 0.6 is 0 Å². The molecule has 2 aliphatic rings. The van der Waals surface area contributed by atoms with Crippen molar-refractivity contribution in [1.82, 2.24) is 0 Å². The summed E-state index contributed by atoms with van der Waals surface area (Å²) >= 11 is 0. The van der Waals surface area contributed by atoms with Gasteiger partial charge in [-0.15, -0.1) is 0 Å². The van der Waals surface area contributed by atoms with E-state index >= 15 is 0 Å². The number of nitriles is 1. The quantitative estimate of drug-likeness (QED) is 0.548. The highest BCUT2D eigenvalue weighted by molar-refractivity contribution is 5.80. The Morgan fingerprint density at radius 2 is 2.33 bits per heavy atom. The first-order chi connectivity index (χ1) is 5.77. The molecule has 0 aliphatic heterocycles. The fraction of sp³-hybridized carbons (Fsp3) is 0.800. The SMILES string of the molecule is N#CC12CCCC1CC(=O)CC2. The Kier molecular flexibility index (Phi) is 1.68. The molecule has 64 valence electrons.